The predicted octanol–water partition coefficient (Wildman–Crippen LogP) is 6.50. The SMILES string of the molecule is CCCCCCCCCCCCNC(=O)CCC(NC(=O)CCCC(=O)NCCS(=O)(=O)O)C(=O)NCCCCCCCCCCCC. The number of amides is 4. The van der Waals surface area contributed by atoms with Crippen LogP contribution in [0, 0.1) is 0 Å². The Hall–Kier alpha value is -2.21. The molecule has 12 heteroatoms. The van der Waals surface area contributed by atoms with Crippen LogP contribution in [0.5, 0.6) is 0 Å². The molecular weight excluding hydrogens is 632 g/mol. The molecule has 48 heavy (non-hydrogen) atoms. The van der Waals surface area contributed by atoms with Crippen LogP contribution < -0.4 is 21.3 Å². The van der Waals surface area contributed by atoms with Crippen LogP contribution in [-0.2, 0) is 29.3 Å². The van der Waals surface area contributed by atoms with Crippen molar-refractivity contribution < 1.29 is 32.1 Å². The fourth-order valence-electron chi connectivity index (χ4n) is 5.50. The summed E-state index contributed by atoms with van der Waals surface area (Å²) in [6, 6.07) is -0.854. The molecule has 1 unspecified atom stereocenters. The fourth-order valence-corrected chi connectivity index (χ4v) is 5.86. The first kappa shape index (κ1) is 45.8. The molecule has 282 valence electrons. The molecule has 0 aliphatic carbocycles. The number of hydrogen-bond acceptors (Lipinski definition) is 6. The summed E-state index contributed by atoms with van der Waals surface area (Å²) in [5, 5.41) is 11.0. The summed E-state index contributed by atoms with van der Waals surface area (Å²) >= 11 is 0. The van der Waals surface area contributed by atoms with E-state index in [0.29, 0.717) is 13.1 Å². The lowest BCUT2D eigenvalue weighted by atomic mass is 10.1. The van der Waals surface area contributed by atoms with Gasteiger partial charge in [-0.3, -0.25) is 23.7 Å². The van der Waals surface area contributed by atoms with Gasteiger partial charge in [0.1, 0.15) is 6.04 Å². The number of nitrogens with one attached hydrogen (secondary N) is 4. The number of unbranched alkanes of at least 4 members (excludes halogenated alkanes) is 18. The van der Waals surface area contributed by atoms with Gasteiger partial charge >= 0.3 is 0 Å². The second-order valence-electron chi connectivity index (χ2n) is 13.2. The van der Waals surface area contributed by atoms with Gasteiger partial charge in [-0.25, -0.2) is 0 Å². The quantitative estimate of drug-likeness (QED) is 0.0376. The lowest BCUT2D eigenvalue weighted by molar-refractivity contribution is -0.130. The number of hydrogen-bond donors (Lipinski definition) is 5. The van der Waals surface area contributed by atoms with Crippen molar-refractivity contribution in [3.05, 3.63) is 0 Å². The van der Waals surface area contributed by atoms with Gasteiger partial charge in [0.15, 0.2) is 0 Å². The summed E-state index contributed by atoms with van der Waals surface area (Å²) in [6.45, 7) is 5.34. The average Bonchev–Trinajstić information content (AvgIpc) is 3.03. The summed E-state index contributed by atoms with van der Waals surface area (Å²) in [7, 11) is -4.17. The Balaban J connectivity index is 4.50. The molecular formula is C36H70N4O7S. The van der Waals surface area contributed by atoms with Crippen molar-refractivity contribution in [2.45, 2.75) is 180 Å². The van der Waals surface area contributed by atoms with Crippen LogP contribution in [0.1, 0.15) is 174 Å². The van der Waals surface area contributed by atoms with Crippen molar-refractivity contribution >= 4 is 33.7 Å². The van der Waals surface area contributed by atoms with E-state index >= 15 is 0 Å². The molecule has 1 atom stereocenters. The standard InChI is InChI=1S/C36H70N4O7S/c1-3-5-7-9-11-13-15-17-19-21-28-37-34(42)27-26-32(36(44)39-29-22-20-18-16-14-12-10-8-6-4-2)40-35(43)25-23-24-33(41)38-30-31-48(45,46)47/h32H,3-31H2,1-2H3,(H,37,42)(H,38,41)(H,39,44)(H,40,43)(H,45,46,47). The Morgan fingerprint density at radius 1 is 0.500 bits per heavy atom. The predicted molar refractivity (Wildman–Crippen MR) is 194 cm³/mol. The number of rotatable bonds is 34. The molecule has 0 aliphatic rings. The lowest BCUT2D eigenvalue weighted by Gasteiger charge is -2.18. The van der Waals surface area contributed by atoms with Crippen molar-refractivity contribution in [2.24, 2.45) is 0 Å². The normalized spacial score (nSPS) is 12.0. The van der Waals surface area contributed by atoms with E-state index in [1.165, 1.54) is 96.3 Å². The second-order valence-corrected chi connectivity index (χ2v) is 14.7. The molecule has 0 rings (SSSR count). The Labute approximate surface area is 292 Å². The van der Waals surface area contributed by atoms with Crippen LogP contribution >= 0.6 is 0 Å². The van der Waals surface area contributed by atoms with Gasteiger partial charge < -0.3 is 21.3 Å². The first-order valence-corrected chi connectivity index (χ1v) is 20.8. The second kappa shape index (κ2) is 32.0. The van der Waals surface area contributed by atoms with Gasteiger partial charge in [-0.1, -0.05) is 129 Å². The summed E-state index contributed by atoms with van der Waals surface area (Å²) in [5.41, 5.74) is 0. The molecule has 0 spiro atoms. The van der Waals surface area contributed by atoms with Crippen LogP contribution in [-0.4, -0.2) is 68.0 Å². The Morgan fingerprint density at radius 3 is 1.38 bits per heavy atom. The minimum absolute atomic E-state index is 0.00111. The summed E-state index contributed by atoms with van der Waals surface area (Å²) in [6.07, 6.45) is 24.6. The van der Waals surface area contributed by atoms with Gasteiger partial charge in [0.05, 0.1) is 5.75 Å². The number of carbonyl (C=O) groups is 4. The van der Waals surface area contributed by atoms with Crippen LogP contribution in [0.3, 0.4) is 0 Å². The highest BCUT2D eigenvalue weighted by Crippen LogP contribution is 2.11. The molecule has 0 bridgehead atoms. The summed E-state index contributed by atoms with van der Waals surface area (Å²) < 4.78 is 30.3. The maximum absolute atomic E-state index is 13.0. The van der Waals surface area contributed by atoms with E-state index in [1.54, 1.807) is 0 Å². The smallest absolute Gasteiger partial charge is 0.266 e. The molecule has 0 heterocycles. The van der Waals surface area contributed by atoms with Crippen molar-refractivity contribution in [1.29, 1.82) is 0 Å². The van der Waals surface area contributed by atoms with Crippen molar-refractivity contribution in [3.63, 3.8) is 0 Å². The van der Waals surface area contributed by atoms with Crippen molar-refractivity contribution in [3.8, 4) is 0 Å². The van der Waals surface area contributed by atoms with E-state index in [4.69, 9.17) is 4.55 Å². The van der Waals surface area contributed by atoms with E-state index in [9.17, 15) is 27.6 Å². The van der Waals surface area contributed by atoms with Gasteiger partial charge in [-0.2, -0.15) is 8.42 Å². The van der Waals surface area contributed by atoms with E-state index < -0.39 is 33.7 Å². The molecule has 0 radical (unpaired) electrons. The van der Waals surface area contributed by atoms with E-state index in [-0.39, 0.29) is 50.5 Å². The number of carbonyl (C=O) groups excluding carboxylic acids is 4. The third-order valence-corrected chi connectivity index (χ3v) is 9.20. The van der Waals surface area contributed by atoms with Crippen LogP contribution in [0.25, 0.3) is 0 Å². The van der Waals surface area contributed by atoms with Crippen molar-refractivity contribution in [2.75, 3.05) is 25.4 Å². The van der Waals surface area contributed by atoms with E-state index in [0.717, 1.165) is 32.1 Å². The molecule has 0 saturated heterocycles. The highest BCUT2D eigenvalue weighted by atomic mass is 32.2. The van der Waals surface area contributed by atoms with Crippen molar-refractivity contribution in [1.82, 2.24) is 21.3 Å². The first-order chi connectivity index (χ1) is 23.1. The molecule has 11 nitrogen and oxygen atoms in total. The van der Waals surface area contributed by atoms with Crippen LogP contribution in [0.2, 0.25) is 0 Å². The molecule has 0 saturated carbocycles. The molecule has 5 N–H and O–H groups in total. The maximum atomic E-state index is 13.0. The Bertz CT molecular complexity index is 947. The zero-order chi connectivity index (χ0) is 35.7. The monoisotopic (exact) mass is 702 g/mol. The molecule has 4 amide bonds. The summed E-state index contributed by atoms with van der Waals surface area (Å²) in [5.74, 6) is -1.87. The zero-order valence-electron chi connectivity index (χ0n) is 30.4. The third-order valence-electron chi connectivity index (χ3n) is 8.48. The highest BCUT2D eigenvalue weighted by molar-refractivity contribution is 7.85. The molecule has 0 aliphatic heterocycles. The maximum Gasteiger partial charge on any atom is 0.266 e. The third kappa shape index (κ3) is 32.3. The van der Waals surface area contributed by atoms with Gasteiger partial charge in [-0.05, 0) is 25.7 Å². The average molecular weight is 703 g/mol. The highest BCUT2D eigenvalue weighted by Gasteiger charge is 2.21. The van der Waals surface area contributed by atoms with E-state index in [1.807, 2.05) is 0 Å². The zero-order valence-corrected chi connectivity index (χ0v) is 31.2. The van der Waals surface area contributed by atoms with Gasteiger partial charge in [0.2, 0.25) is 23.6 Å². The molecule has 0 fully saturated rings. The van der Waals surface area contributed by atoms with Crippen LogP contribution in [0.15, 0.2) is 0 Å². The minimum Gasteiger partial charge on any atom is -0.356 e. The Morgan fingerprint density at radius 2 is 0.896 bits per heavy atom. The molecule has 0 aromatic rings. The van der Waals surface area contributed by atoms with Gasteiger partial charge in [0, 0.05) is 38.9 Å². The Kier molecular flexibility index (Phi) is 30.5. The lowest BCUT2D eigenvalue weighted by Crippen LogP contribution is -2.47. The molecule has 0 aromatic carbocycles. The first-order valence-electron chi connectivity index (χ1n) is 19.1. The van der Waals surface area contributed by atoms with E-state index in [2.05, 4.69) is 35.1 Å². The van der Waals surface area contributed by atoms with Gasteiger partial charge in [0.25, 0.3) is 10.1 Å². The summed E-state index contributed by atoms with van der Waals surface area (Å²) in [4.78, 5) is 50.0. The fraction of sp³-hybridized carbons (Fsp3) is 0.889. The van der Waals surface area contributed by atoms with Gasteiger partial charge in [-0.15, -0.1) is 0 Å². The largest absolute Gasteiger partial charge is 0.356 e. The minimum atomic E-state index is -4.17. The topological polar surface area (TPSA) is 171 Å². The molecule has 0 aromatic heterocycles. The van der Waals surface area contributed by atoms with Crippen LogP contribution in [0.4, 0.5) is 0 Å².